The molecule has 148 valence electrons. The Labute approximate surface area is 162 Å². The molecule has 6 nitrogen and oxygen atoms in total. The molecule has 1 aliphatic rings. The summed E-state index contributed by atoms with van der Waals surface area (Å²) in [5, 5.41) is 9.77. The molecule has 0 N–H and O–H groups in total. The first kappa shape index (κ1) is 21.2. The summed E-state index contributed by atoms with van der Waals surface area (Å²) in [5.41, 5.74) is 3.00. The van der Waals surface area contributed by atoms with Crippen LogP contribution in [0.1, 0.15) is 69.8 Å². The molecule has 0 unspecified atom stereocenters. The highest BCUT2D eigenvalue weighted by atomic mass is 16.5. The number of aryl methyl sites for hydroxylation is 1. The summed E-state index contributed by atoms with van der Waals surface area (Å²) in [6.45, 7) is 11.7. The number of rotatable bonds is 8. The SMILES string of the molecule is CCCCc1nc(OCC(=O)N(CC)CC)c(C#N)c2c1COC(C)(C)C2. The number of ether oxygens (including phenoxy) is 2. The van der Waals surface area contributed by atoms with Gasteiger partial charge in [0.1, 0.15) is 11.6 Å². The molecule has 0 spiro atoms. The highest BCUT2D eigenvalue weighted by Crippen LogP contribution is 2.35. The van der Waals surface area contributed by atoms with E-state index in [-0.39, 0.29) is 24.0 Å². The van der Waals surface area contributed by atoms with Crippen LogP contribution in [0.2, 0.25) is 0 Å². The third-order valence-corrected chi connectivity index (χ3v) is 5.00. The molecular weight excluding hydrogens is 342 g/mol. The lowest BCUT2D eigenvalue weighted by molar-refractivity contribution is -0.133. The smallest absolute Gasteiger partial charge is 0.260 e. The molecule has 0 bridgehead atoms. The minimum Gasteiger partial charge on any atom is -0.467 e. The van der Waals surface area contributed by atoms with Crippen LogP contribution >= 0.6 is 0 Å². The van der Waals surface area contributed by atoms with Crippen LogP contribution in [0.25, 0.3) is 0 Å². The number of hydrogen-bond donors (Lipinski definition) is 0. The van der Waals surface area contributed by atoms with E-state index in [1.54, 1.807) is 4.90 Å². The fourth-order valence-electron chi connectivity index (χ4n) is 3.38. The maximum absolute atomic E-state index is 12.3. The van der Waals surface area contributed by atoms with Gasteiger partial charge in [0.15, 0.2) is 6.61 Å². The van der Waals surface area contributed by atoms with E-state index < -0.39 is 0 Å². The molecule has 1 aromatic heterocycles. The van der Waals surface area contributed by atoms with E-state index in [1.807, 2.05) is 27.7 Å². The summed E-state index contributed by atoms with van der Waals surface area (Å²) in [6, 6.07) is 2.26. The predicted octanol–water partition coefficient (Wildman–Crippen LogP) is 3.39. The van der Waals surface area contributed by atoms with Gasteiger partial charge in [0.05, 0.1) is 17.9 Å². The molecule has 27 heavy (non-hydrogen) atoms. The fraction of sp³-hybridized carbons (Fsp3) is 0.667. The molecule has 0 radical (unpaired) electrons. The topological polar surface area (TPSA) is 75.5 Å². The number of hydrogen-bond acceptors (Lipinski definition) is 5. The maximum Gasteiger partial charge on any atom is 0.260 e. The van der Waals surface area contributed by atoms with E-state index in [1.165, 1.54) is 0 Å². The zero-order chi connectivity index (χ0) is 20.0. The van der Waals surface area contributed by atoms with E-state index in [4.69, 9.17) is 9.47 Å². The number of fused-ring (bicyclic) bond motifs is 1. The van der Waals surface area contributed by atoms with Gasteiger partial charge in [-0.15, -0.1) is 0 Å². The minimum atomic E-state index is -0.337. The second kappa shape index (κ2) is 9.18. The molecule has 1 amide bonds. The maximum atomic E-state index is 12.3. The number of carbonyl (C=O) groups is 1. The van der Waals surface area contributed by atoms with Crippen LogP contribution in [0.15, 0.2) is 0 Å². The Kier molecular flexibility index (Phi) is 7.20. The average Bonchev–Trinajstić information content (AvgIpc) is 2.64. The molecule has 0 aliphatic carbocycles. The Bertz CT molecular complexity index is 718. The third-order valence-electron chi connectivity index (χ3n) is 5.00. The molecule has 0 saturated heterocycles. The summed E-state index contributed by atoms with van der Waals surface area (Å²) in [6.07, 6.45) is 3.51. The number of carbonyl (C=O) groups excluding carboxylic acids is 1. The summed E-state index contributed by atoms with van der Waals surface area (Å²) in [7, 11) is 0. The number of unbranched alkanes of at least 4 members (excludes halogenated alkanes) is 1. The Morgan fingerprint density at radius 1 is 1.30 bits per heavy atom. The normalized spacial score (nSPS) is 15.0. The van der Waals surface area contributed by atoms with E-state index in [9.17, 15) is 10.1 Å². The van der Waals surface area contributed by atoms with Crippen molar-refractivity contribution in [2.75, 3.05) is 19.7 Å². The van der Waals surface area contributed by atoms with Gasteiger partial charge in [-0.05, 0) is 46.1 Å². The van der Waals surface area contributed by atoms with Crippen molar-refractivity contribution in [3.63, 3.8) is 0 Å². The van der Waals surface area contributed by atoms with Crippen LogP contribution < -0.4 is 4.74 Å². The Morgan fingerprint density at radius 3 is 2.59 bits per heavy atom. The molecule has 6 heteroatoms. The number of aromatic nitrogens is 1. The second-order valence-electron chi connectivity index (χ2n) is 7.49. The van der Waals surface area contributed by atoms with Gasteiger partial charge in [0.2, 0.25) is 5.88 Å². The molecule has 0 aromatic carbocycles. The van der Waals surface area contributed by atoms with Gasteiger partial charge in [0.25, 0.3) is 5.91 Å². The number of amides is 1. The number of nitriles is 1. The van der Waals surface area contributed by atoms with Gasteiger partial charge < -0.3 is 14.4 Å². The van der Waals surface area contributed by atoms with Crippen molar-refractivity contribution in [2.24, 2.45) is 0 Å². The van der Waals surface area contributed by atoms with E-state index in [0.717, 1.165) is 36.1 Å². The minimum absolute atomic E-state index is 0.0952. The van der Waals surface area contributed by atoms with Crippen molar-refractivity contribution >= 4 is 5.91 Å². The summed E-state index contributed by atoms with van der Waals surface area (Å²) in [5.74, 6) is 0.183. The fourth-order valence-corrected chi connectivity index (χ4v) is 3.38. The van der Waals surface area contributed by atoms with E-state index >= 15 is 0 Å². The van der Waals surface area contributed by atoms with Crippen molar-refractivity contribution in [1.29, 1.82) is 5.26 Å². The Morgan fingerprint density at radius 2 is 2.00 bits per heavy atom. The van der Waals surface area contributed by atoms with E-state index in [2.05, 4.69) is 18.0 Å². The monoisotopic (exact) mass is 373 g/mol. The molecule has 1 aromatic rings. The standard InChI is InChI=1S/C21H31N3O3/c1-6-9-10-18-17-13-27-21(4,5)11-15(17)16(12-22)20(23-18)26-14-19(25)24(7-2)8-3/h6-11,13-14H2,1-5H3. The van der Waals surface area contributed by atoms with Crippen molar-refractivity contribution in [1.82, 2.24) is 9.88 Å². The van der Waals surface area contributed by atoms with Crippen LogP contribution in [0.5, 0.6) is 5.88 Å². The van der Waals surface area contributed by atoms with Crippen molar-refractivity contribution in [3.8, 4) is 11.9 Å². The average molecular weight is 373 g/mol. The molecule has 1 aliphatic heterocycles. The van der Waals surface area contributed by atoms with Crippen LogP contribution in [0.3, 0.4) is 0 Å². The number of pyridine rings is 1. The highest BCUT2D eigenvalue weighted by molar-refractivity contribution is 5.77. The molecule has 2 rings (SSSR count). The first-order chi connectivity index (χ1) is 12.9. The largest absolute Gasteiger partial charge is 0.467 e. The Hall–Kier alpha value is -2.13. The van der Waals surface area contributed by atoms with Crippen molar-refractivity contribution < 1.29 is 14.3 Å². The first-order valence-corrected chi connectivity index (χ1v) is 9.86. The van der Waals surface area contributed by atoms with Gasteiger partial charge in [-0.2, -0.15) is 5.26 Å². The zero-order valence-corrected chi connectivity index (χ0v) is 17.2. The summed E-state index contributed by atoms with van der Waals surface area (Å²) >= 11 is 0. The zero-order valence-electron chi connectivity index (χ0n) is 17.2. The molecule has 2 heterocycles. The summed E-state index contributed by atoms with van der Waals surface area (Å²) in [4.78, 5) is 18.6. The molecule has 0 fully saturated rings. The Balaban J connectivity index is 2.38. The molecule has 0 atom stereocenters. The van der Waals surface area contributed by atoms with Crippen molar-refractivity contribution in [3.05, 3.63) is 22.4 Å². The van der Waals surface area contributed by atoms with Crippen LogP contribution in [-0.4, -0.2) is 41.1 Å². The first-order valence-electron chi connectivity index (χ1n) is 9.86. The van der Waals surface area contributed by atoms with E-state index in [0.29, 0.717) is 31.7 Å². The van der Waals surface area contributed by atoms with Gasteiger partial charge in [-0.25, -0.2) is 4.98 Å². The lowest BCUT2D eigenvalue weighted by atomic mass is 9.87. The molecule has 0 saturated carbocycles. The van der Waals surface area contributed by atoms with Gasteiger partial charge in [-0.3, -0.25) is 4.79 Å². The van der Waals surface area contributed by atoms with Gasteiger partial charge >= 0.3 is 0 Å². The van der Waals surface area contributed by atoms with Gasteiger partial charge in [0, 0.05) is 25.1 Å². The van der Waals surface area contributed by atoms with Gasteiger partial charge in [-0.1, -0.05) is 13.3 Å². The van der Waals surface area contributed by atoms with Crippen LogP contribution in [0, 0.1) is 11.3 Å². The predicted molar refractivity (Wildman–Crippen MR) is 104 cm³/mol. The van der Waals surface area contributed by atoms with Crippen molar-refractivity contribution in [2.45, 2.75) is 72.5 Å². The quantitative estimate of drug-likeness (QED) is 0.698. The molecular formula is C21H31N3O3. The third kappa shape index (κ3) is 4.98. The van der Waals surface area contributed by atoms with Crippen LogP contribution in [0.4, 0.5) is 0 Å². The lowest BCUT2D eigenvalue weighted by Gasteiger charge is -2.33. The van der Waals surface area contributed by atoms with Crippen LogP contribution in [-0.2, 0) is 29.0 Å². The lowest BCUT2D eigenvalue weighted by Crippen LogP contribution is -2.35. The highest BCUT2D eigenvalue weighted by Gasteiger charge is 2.32. The summed E-state index contributed by atoms with van der Waals surface area (Å²) < 4.78 is 11.7. The second-order valence-corrected chi connectivity index (χ2v) is 7.49. The number of likely N-dealkylation sites (N-methyl/N-ethyl adjacent to an activating group) is 1. The number of nitrogens with zero attached hydrogens (tertiary/aromatic N) is 3.